The molecule has 2 aliphatic heterocycles. The average Bonchev–Trinajstić information content (AvgIpc) is 3.29. The van der Waals surface area contributed by atoms with Crippen LogP contribution in [0.3, 0.4) is 0 Å². The Morgan fingerprint density at radius 3 is 2.41 bits per heavy atom. The minimum absolute atomic E-state index is 0.00206. The predicted octanol–water partition coefficient (Wildman–Crippen LogP) is 4.63. The molecule has 2 aliphatic rings. The highest BCUT2D eigenvalue weighted by atomic mass is 35.5. The van der Waals surface area contributed by atoms with Gasteiger partial charge < -0.3 is 4.74 Å². The number of sulfonamides is 1. The third kappa shape index (κ3) is 6.00. The van der Waals surface area contributed by atoms with Crippen molar-refractivity contribution in [3.8, 4) is 11.4 Å². The Labute approximate surface area is 238 Å². The Balaban J connectivity index is 1.69. The van der Waals surface area contributed by atoms with Gasteiger partial charge in [-0.15, -0.1) is 0 Å². The summed E-state index contributed by atoms with van der Waals surface area (Å²) in [5, 5.41) is 7.42. The molecule has 0 radical (unpaired) electrons. The number of rotatable bonds is 6. The molecule has 3 heterocycles. The van der Waals surface area contributed by atoms with E-state index in [1.54, 1.807) is 30.0 Å². The normalized spacial score (nSPS) is 17.7. The van der Waals surface area contributed by atoms with Crippen molar-refractivity contribution >= 4 is 50.8 Å². The van der Waals surface area contributed by atoms with Gasteiger partial charge in [-0.05, 0) is 60.4 Å². The fourth-order valence-corrected chi connectivity index (χ4v) is 6.11. The number of aromatic nitrogens is 2. The Morgan fingerprint density at radius 1 is 1.05 bits per heavy atom. The van der Waals surface area contributed by atoms with Gasteiger partial charge in [0.1, 0.15) is 5.75 Å². The monoisotopic (exact) mass is 589 g/mol. The smallest absolute Gasteiger partial charge is 0.286 e. The molecule has 0 aliphatic carbocycles. The van der Waals surface area contributed by atoms with Gasteiger partial charge in [-0.2, -0.15) is 9.40 Å². The molecule has 12 heteroatoms. The number of nitrogens with one attached hydrogen (secondary N) is 1. The van der Waals surface area contributed by atoms with Gasteiger partial charge in [0.15, 0.2) is 5.69 Å². The van der Waals surface area contributed by atoms with Crippen LogP contribution in [-0.2, 0) is 16.6 Å². The van der Waals surface area contributed by atoms with Gasteiger partial charge in [0, 0.05) is 36.8 Å². The molecule has 3 aromatic rings. The summed E-state index contributed by atoms with van der Waals surface area (Å²) in [7, 11) is -2.00. The second kappa shape index (κ2) is 11.3. The highest BCUT2D eigenvalue weighted by molar-refractivity contribution is 7.88. The van der Waals surface area contributed by atoms with E-state index in [1.807, 2.05) is 35.4 Å². The number of hydrogen-bond donors (Lipinski definition) is 1. The predicted molar refractivity (Wildman–Crippen MR) is 153 cm³/mol. The first-order valence-electron chi connectivity index (χ1n) is 12.6. The van der Waals surface area contributed by atoms with Crippen molar-refractivity contribution in [3.63, 3.8) is 0 Å². The lowest BCUT2D eigenvalue weighted by atomic mass is 9.99. The first-order chi connectivity index (χ1) is 18.6. The molecule has 0 atom stereocenters. The van der Waals surface area contributed by atoms with Gasteiger partial charge in [-0.25, -0.2) is 18.1 Å². The van der Waals surface area contributed by atoms with E-state index in [-0.39, 0.29) is 18.8 Å². The summed E-state index contributed by atoms with van der Waals surface area (Å²) < 4.78 is 33.7. The quantitative estimate of drug-likeness (QED) is 0.450. The van der Waals surface area contributed by atoms with Crippen molar-refractivity contribution in [1.82, 2.24) is 24.5 Å². The first kappa shape index (κ1) is 27.7. The largest absolute Gasteiger partial charge is 0.497 e. The molecule has 206 valence electrons. The van der Waals surface area contributed by atoms with E-state index in [0.717, 1.165) is 44.2 Å². The second-order valence-corrected chi connectivity index (χ2v) is 12.5. The lowest BCUT2D eigenvalue weighted by Gasteiger charge is -2.29. The SMILES string of the molecule is COc1ccc(C=C2CN(S(C)(=O)=O)Cc3c(C(=O)NN4CCCCC4)nn(-c4ccc(Cl)cc4Cl)c32)cc1. The van der Waals surface area contributed by atoms with Crippen LogP contribution in [0.25, 0.3) is 17.3 Å². The molecular weight excluding hydrogens is 561 g/mol. The standard InChI is InChI=1S/C27H29Cl2N5O4S/c1-38-21-9-6-18(7-10-21)14-19-16-33(39(2,36)37)17-22-25(27(35)31-32-12-4-3-5-13-32)30-34(26(19)22)24-11-8-20(28)15-23(24)29/h6-11,14-15H,3-5,12-13,16-17H2,1-2H3,(H,31,35). The van der Waals surface area contributed by atoms with E-state index in [1.165, 1.54) is 4.31 Å². The molecule has 1 aromatic heterocycles. The van der Waals surface area contributed by atoms with Crippen molar-refractivity contribution in [1.29, 1.82) is 0 Å². The molecule has 2 aromatic carbocycles. The van der Waals surface area contributed by atoms with E-state index in [4.69, 9.17) is 33.0 Å². The van der Waals surface area contributed by atoms with Gasteiger partial charge in [0.05, 0.1) is 29.8 Å². The van der Waals surface area contributed by atoms with Gasteiger partial charge in [0.2, 0.25) is 10.0 Å². The van der Waals surface area contributed by atoms with Crippen LogP contribution >= 0.6 is 23.2 Å². The number of benzene rings is 2. The molecule has 1 N–H and O–H groups in total. The number of halogens is 2. The molecule has 0 bridgehead atoms. The van der Waals surface area contributed by atoms with Crippen molar-refractivity contribution in [2.75, 3.05) is 33.0 Å². The molecule has 0 saturated carbocycles. The van der Waals surface area contributed by atoms with E-state index in [2.05, 4.69) is 5.43 Å². The number of nitrogens with zero attached hydrogens (tertiary/aromatic N) is 4. The fraction of sp³-hybridized carbons (Fsp3) is 0.333. The summed E-state index contributed by atoms with van der Waals surface area (Å²) in [5.74, 6) is 0.310. The van der Waals surface area contributed by atoms with Crippen molar-refractivity contribution < 1.29 is 17.9 Å². The molecule has 1 fully saturated rings. The maximum Gasteiger partial charge on any atom is 0.286 e. The van der Waals surface area contributed by atoms with Crippen LogP contribution in [0, 0.1) is 0 Å². The van der Waals surface area contributed by atoms with Crippen molar-refractivity contribution in [2.24, 2.45) is 0 Å². The van der Waals surface area contributed by atoms with Gasteiger partial charge in [-0.3, -0.25) is 10.2 Å². The molecule has 0 unspecified atom stereocenters. The Hall–Kier alpha value is -2.89. The third-order valence-electron chi connectivity index (χ3n) is 6.86. The molecule has 1 saturated heterocycles. The van der Waals surface area contributed by atoms with Crippen LogP contribution in [0.15, 0.2) is 42.5 Å². The maximum atomic E-state index is 13.6. The Morgan fingerprint density at radius 2 is 1.77 bits per heavy atom. The maximum absolute atomic E-state index is 13.6. The lowest BCUT2D eigenvalue weighted by Crippen LogP contribution is -2.45. The summed E-state index contributed by atoms with van der Waals surface area (Å²) in [6, 6.07) is 12.5. The first-order valence-corrected chi connectivity index (χ1v) is 15.2. The van der Waals surface area contributed by atoms with Crippen LogP contribution < -0.4 is 10.2 Å². The van der Waals surface area contributed by atoms with E-state index in [9.17, 15) is 13.2 Å². The molecule has 39 heavy (non-hydrogen) atoms. The summed E-state index contributed by atoms with van der Waals surface area (Å²) in [6.07, 6.45) is 6.16. The Kier molecular flexibility index (Phi) is 8.02. The van der Waals surface area contributed by atoms with Crippen LogP contribution in [0.1, 0.15) is 46.6 Å². The summed E-state index contributed by atoms with van der Waals surface area (Å²) in [5.41, 5.74) is 6.28. The fourth-order valence-electron chi connectivity index (χ4n) is 4.89. The number of methoxy groups -OCH3 is 1. The van der Waals surface area contributed by atoms with E-state index in [0.29, 0.717) is 38.3 Å². The van der Waals surface area contributed by atoms with Gasteiger partial charge in [-0.1, -0.05) is 41.8 Å². The van der Waals surface area contributed by atoms with Crippen molar-refractivity contribution in [2.45, 2.75) is 25.8 Å². The number of fused-ring (bicyclic) bond motifs is 1. The van der Waals surface area contributed by atoms with Crippen LogP contribution in [0.2, 0.25) is 10.0 Å². The summed E-state index contributed by atoms with van der Waals surface area (Å²) in [4.78, 5) is 13.6. The third-order valence-corrected chi connectivity index (χ3v) is 8.60. The van der Waals surface area contributed by atoms with Crippen LogP contribution in [0.5, 0.6) is 5.75 Å². The highest BCUT2D eigenvalue weighted by Gasteiger charge is 2.35. The van der Waals surface area contributed by atoms with Crippen molar-refractivity contribution in [3.05, 3.63) is 75.0 Å². The second-order valence-electron chi connectivity index (χ2n) is 9.65. The van der Waals surface area contributed by atoms with E-state index < -0.39 is 15.9 Å². The van der Waals surface area contributed by atoms with Gasteiger partial charge >= 0.3 is 0 Å². The number of ether oxygens (including phenoxy) is 1. The number of carbonyl (C=O) groups excluding carboxylic acids is 1. The minimum Gasteiger partial charge on any atom is -0.497 e. The zero-order valence-electron chi connectivity index (χ0n) is 21.7. The number of carbonyl (C=O) groups is 1. The number of piperidine rings is 1. The number of amides is 1. The summed E-state index contributed by atoms with van der Waals surface area (Å²) >= 11 is 12.8. The van der Waals surface area contributed by atoms with Gasteiger partial charge in [0.25, 0.3) is 5.91 Å². The topological polar surface area (TPSA) is 96.8 Å². The molecule has 0 spiro atoms. The van der Waals surface area contributed by atoms with E-state index >= 15 is 0 Å². The zero-order chi connectivity index (χ0) is 27.7. The molecule has 9 nitrogen and oxygen atoms in total. The lowest BCUT2D eigenvalue weighted by molar-refractivity contribution is 0.0742. The molecular formula is C27H29Cl2N5O4S. The average molecular weight is 591 g/mol. The molecule has 5 rings (SSSR count). The minimum atomic E-state index is -3.59. The zero-order valence-corrected chi connectivity index (χ0v) is 24.0. The highest BCUT2D eigenvalue weighted by Crippen LogP contribution is 2.36. The number of hydrogen-bond acceptors (Lipinski definition) is 6. The van der Waals surface area contributed by atoms with Crippen LogP contribution in [0.4, 0.5) is 0 Å². The van der Waals surface area contributed by atoms with Crippen LogP contribution in [-0.4, -0.2) is 66.4 Å². The Bertz CT molecular complexity index is 1530. The molecule has 1 amide bonds. The number of hydrazine groups is 1. The summed E-state index contributed by atoms with van der Waals surface area (Å²) in [6.45, 7) is 1.59.